The second-order valence-corrected chi connectivity index (χ2v) is 5.17. The van der Waals surface area contributed by atoms with Crippen molar-refractivity contribution in [2.75, 3.05) is 0 Å². The number of aryl methyl sites for hydroxylation is 2. The number of halogens is 1. The van der Waals surface area contributed by atoms with Crippen LogP contribution in [0.3, 0.4) is 0 Å². The molecule has 0 radical (unpaired) electrons. The summed E-state index contributed by atoms with van der Waals surface area (Å²) in [6, 6.07) is 0. The Hall–Kier alpha value is -1.29. The maximum atomic E-state index is 6.35. The van der Waals surface area contributed by atoms with Gasteiger partial charge in [0.25, 0.3) is 0 Å². The van der Waals surface area contributed by atoms with Gasteiger partial charge in [-0.1, -0.05) is 6.92 Å². The van der Waals surface area contributed by atoms with Crippen LogP contribution in [0.5, 0.6) is 0 Å². The molecule has 4 nitrogen and oxygen atoms in total. The lowest BCUT2D eigenvalue weighted by Gasteiger charge is -2.07. The Morgan fingerprint density at radius 2 is 2.11 bits per heavy atom. The van der Waals surface area contributed by atoms with Gasteiger partial charge in [0.15, 0.2) is 0 Å². The summed E-state index contributed by atoms with van der Waals surface area (Å²) in [5, 5.41) is 8.80. The maximum Gasteiger partial charge on any atom is 0.0693 e. The number of hydrogen-bond acceptors (Lipinski definition) is 2. The van der Waals surface area contributed by atoms with Gasteiger partial charge in [-0.2, -0.15) is 10.2 Å². The van der Waals surface area contributed by atoms with E-state index in [0.29, 0.717) is 0 Å². The summed E-state index contributed by atoms with van der Waals surface area (Å²) in [5.41, 5.74) is 4.50. The highest BCUT2D eigenvalue weighted by molar-refractivity contribution is 6.20. The molecule has 0 N–H and O–H groups in total. The average Bonchev–Trinajstić information content (AvgIpc) is 2.84. The monoisotopic (exact) mass is 266 g/mol. The van der Waals surface area contributed by atoms with Crippen molar-refractivity contribution in [3.8, 4) is 0 Å². The minimum atomic E-state index is 0.0487. The summed E-state index contributed by atoms with van der Waals surface area (Å²) in [5.74, 6) is 0. The third-order valence-corrected chi connectivity index (χ3v) is 3.73. The topological polar surface area (TPSA) is 35.6 Å². The number of nitrogens with zero attached hydrogens (tertiary/aromatic N) is 4. The van der Waals surface area contributed by atoms with Gasteiger partial charge in [0.05, 0.1) is 23.8 Å². The molecule has 0 aliphatic rings. The summed E-state index contributed by atoms with van der Waals surface area (Å²) in [6.07, 6.45) is 4.80. The van der Waals surface area contributed by atoms with E-state index in [1.165, 1.54) is 5.56 Å². The van der Waals surface area contributed by atoms with Crippen molar-refractivity contribution in [2.45, 2.75) is 39.1 Å². The van der Waals surface area contributed by atoms with Gasteiger partial charge in [0.1, 0.15) is 0 Å². The number of aromatic nitrogens is 4. The third-order valence-electron chi connectivity index (χ3n) is 3.20. The molecule has 0 spiro atoms. The summed E-state index contributed by atoms with van der Waals surface area (Å²) in [4.78, 5) is 0. The zero-order chi connectivity index (χ0) is 13.3. The fourth-order valence-electron chi connectivity index (χ4n) is 2.25. The molecule has 0 saturated carbocycles. The molecule has 0 amide bonds. The van der Waals surface area contributed by atoms with Crippen molar-refractivity contribution < 1.29 is 0 Å². The van der Waals surface area contributed by atoms with Gasteiger partial charge in [0.2, 0.25) is 0 Å². The first-order valence-corrected chi connectivity index (χ1v) is 6.62. The van der Waals surface area contributed by atoms with Crippen LogP contribution >= 0.6 is 11.6 Å². The zero-order valence-electron chi connectivity index (χ0n) is 11.3. The summed E-state index contributed by atoms with van der Waals surface area (Å²) >= 11 is 6.35. The number of rotatable bonds is 4. The zero-order valence-corrected chi connectivity index (χ0v) is 12.1. The largest absolute Gasteiger partial charge is 0.275 e. The van der Waals surface area contributed by atoms with Gasteiger partial charge < -0.3 is 0 Å². The molecule has 2 aromatic heterocycles. The first kappa shape index (κ1) is 13.1. The maximum absolute atomic E-state index is 6.35. The van der Waals surface area contributed by atoms with Crippen molar-refractivity contribution in [1.29, 1.82) is 0 Å². The molecule has 1 atom stereocenters. The molecule has 18 heavy (non-hydrogen) atoms. The van der Waals surface area contributed by atoms with Crippen LogP contribution in [-0.2, 0) is 13.6 Å². The van der Waals surface area contributed by atoms with E-state index in [1.54, 1.807) is 4.68 Å². The Labute approximate surface area is 113 Å². The van der Waals surface area contributed by atoms with Crippen molar-refractivity contribution >= 4 is 11.6 Å². The van der Waals surface area contributed by atoms with Gasteiger partial charge in [0, 0.05) is 30.1 Å². The van der Waals surface area contributed by atoms with E-state index in [1.807, 2.05) is 31.0 Å². The van der Waals surface area contributed by atoms with E-state index < -0.39 is 0 Å². The van der Waals surface area contributed by atoms with Crippen LogP contribution in [0.2, 0.25) is 0 Å². The van der Waals surface area contributed by atoms with E-state index in [4.69, 9.17) is 11.6 Å². The molecule has 1 unspecified atom stereocenters. The smallest absolute Gasteiger partial charge is 0.0693 e. The lowest BCUT2D eigenvalue weighted by atomic mass is 10.1. The van der Waals surface area contributed by atoms with Gasteiger partial charge in [-0.25, -0.2) is 0 Å². The van der Waals surface area contributed by atoms with Crippen molar-refractivity contribution in [1.82, 2.24) is 19.6 Å². The Morgan fingerprint density at radius 3 is 2.67 bits per heavy atom. The van der Waals surface area contributed by atoms with Crippen LogP contribution in [0.1, 0.15) is 41.2 Å². The normalized spacial score (nSPS) is 12.9. The quantitative estimate of drug-likeness (QED) is 0.798. The summed E-state index contributed by atoms with van der Waals surface area (Å²) in [6.45, 7) is 6.94. The van der Waals surface area contributed by atoms with E-state index in [2.05, 4.69) is 24.0 Å². The SMILES string of the molecule is CCC(Cl)c1c(C)nn(Cc2cnn(C)c2)c1C. The van der Waals surface area contributed by atoms with Crippen LogP contribution in [-0.4, -0.2) is 19.6 Å². The first-order chi connectivity index (χ1) is 8.52. The van der Waals surface area contributed by atoms with Crippen LogP contribution in [0.25, 0.3) is 0 Å². The van der Waals surface area contributed by atoms with Crippen LogP contribution < -0.4 is 0 Å². The predicted octanol–water partition coefficient (Wildman–Crippen LogP) is 2.97. The van der Waals surface area contributed by atoms with Gasteiger partial charge in [-0.15, -0.1) is 11.6 Å². The minimum absolute atomic E-state index is 0.0487. The summed E-state index contributed by atoms with van der Waals surface area (Å²) in [7, 11) is 1.92. The highest BCUT2D eigenvalue weighted by Crippen LogP contribution is 2.29. The first-order valence-electron chi connectivity index (χ1n) is 6.18. The Bertz CT molecular complexity index is 541. The fraction of sp³-hybridized carbons (Fsp3) is 0.538. The lowest BCUT2D eigenvalue weighted by Crippen LogP contribution is -2.04. The Balaban J connectivity index is 2.29. The Kier molecular flexibility index (Phi) is 3.76. The lowest BCUT2D eigenvalue weighted by molar-refractivity contribution is 0.656. The Morgan fingerprint density at radius 1 is 1.39 bits per heavy atom. The summed E-state index contributed by atoms with van der Waals surface area (Å²) < 4.78 is 3.81. The number of alkyl halides is 1. The van der Waals surface area contributed by atoms with Crippen LogP contribution in [0.4, 0.5) is 0 Å². The average molecular weight is 267 g/mol. The molecule has 2 rings (SSSR count). The molecule has 98 valence electrons. The predicted molar refractivity (Wildman–Crippen MR) is 72.9 cm³/mol. The van der Waals surface area contributed by atoms with E-state index in [0.717, 1.165) is 29.9 Å². The van der Waals surface area contributed by atoms with Crippen LogP contribution in [0, 0.1) is 13.8 Å². The van der Waals surface area contributed by atoms with Gasteiger partial charge in [-0.3, -0.25) is 9.36 Å². The molecule has 2 aromatic rings. The standard InChI is InChI=1S/C13H19ClN4/c1-5-12(14)13-9(2)16-18(10(13)3)8-11-6-15-17(4)7-11/h6-7,12H,5,8H2,1-4H3. The van der Waals surface area contributed by atoms with Crippen molar-refractivity contribution in [3.05, 3.63) is 34.9 Å². The van der Waals surface area contributed by atoms with Gasteiger partial charge in [-0.05, 0) is 20.3 Å². The highest BCUT2D eigenvalue weighted by Gasteiger charge is 2.17. The van der Waals surface area contributed by atoms with Crippen molar-refractivity contribution in [2.24, 2.45) is 7.05 Å². The molecule has 0 aromatic carbocycles. The molecule has 0 aliphatic carbocycles. The fourth-order valence-corrected chi connectivity index (χ4v) is 2.56. The molecule has 2 heterocycles. The van der Waals surface area contributed by atoms with Crippen LogP contribution in [0.15, 0.2) is 12.4 Å². The molecule has 0 aliphatic heterocycles. The molecule has 0 saturated heterocycles. The second-order valence-electron chi connectivity index (χ2n) is 4.64. The highest BCUT2D eigenvalue weighted by atomic mass is 35.5. The molecular weight excluding hydrogens is 248 g/mol. The second kappa shape index (κ2) is 5.14. The molecular formula is C13H19ClN4. The molecule has 5 heteroatoms. The third kappa shape index (κ3) is 2.43. The van der Waals surface area contributed by atoms with E-state index in [-0.39, 0.29) is 5.38 Å². The van der Waals surface area contributed by atoms with E-state index in [9.17, 15) is 0 Å². The van der Waals surface area contributed by atoms with Gasteiger partial charge >= 0.3 is 0 Å². The minimum Gasteiger partial charge on any atom is -0.275 e. The molecule has 0 fully saturated rings. The van der Waals surface area contributed by atoms with E-state index >= 15 is 0 Å². The molecule has 0 bridgehead atoms. The van der Waals surface area contributed by atoms with Crippen molar-refractivity contribution in [3.63, 3.8) is 0 Å². The number of hydrogen-bond donors (Lipinski definition) is 0.